The van der Waals surface area contributed by atoms with Crippen LogP contribution in [0.3, 0.4) is 0 Å². The van der Waals surface area contributed by atoms with E-state index in [4.69, 9.17) is 5.73 Å². The second kappa shape index (κ2) is 9.37. The molecule has 2 N–H and O–H groups in total. The highest BCUT2D eigenvalue weighted by atomic mass is 19.4. The molecule has 0 amide bonds. The molecule has 4 aromatic rings. The third-order valence-corrected chi connectivity index (χ3v) is 5.05. The maximum Gasteiger partial charge on any atom is 0.451 e. The lowest BCUT2D eigenvalue weighted by Crippen LogP contribution is -2.10. The first-order valence-electron chi connectivity index (χ1n) is 10.2. The third-order valence-electron chi connectivity index (χ3n) is 5.05. The number of hydrogen-bond donors (Lipinski definition) is 1. The minimum absolute atomic E-state index is 0.000147. The molecule has 0 fully saturated rings. The largest absolute Gasteiger partial charge is 0.451 e. The lowest BCUT2D eigenvalue weighted by atomic mass is 10.1. The average Bonchev–Trinajstić information content (AvgIpc) is 3.45. The number of nitrogens with two attached hydrogens (primary N) is 1. The second-order valence-corrected chi connectivity index (χ2v) is 7.25. The highest BCUT2D eigenvalue weighted by Crippen LogP contribution is 2.37. The van der Waals surface area contributed by atoms with Crippen molar-refractivity contribution >= 4 is 22.5 Å². The quantitative estimate of drug-likeness (QED) is 0.313. The van der Waals surface area contributed by atoms with Crippen molar-refractivity contribution in [2.75, 3.05) is 5.73 Å². The molecule has 36 heavy (non-hydrogen) atoms. The molecule has 10 nitrogen and oxygen atoms in total. The topological polar surface area (TPSA) is 137 Å². The first-order valence-corrected chi connectivity index (χ1v) is 10.2. The van der Waals surface area contributed by atoms with Gasteiger partial charge in [0.05, 0.1) is 18.1 Å². The van der Waals surface area contributed by atoms with Gasteiger partial charge in [-0.1, -0.05) is 17.9 Å². The maximum atomic E-state index is 14.3. The lowest BCUT2D eigenvalue weighted by Gasteiger charge is -2.06. The van der Waals surface area contributed by atoms with Gasteiger partial charge in [0, 0.05) is 23.5 Å². The summed E-state index contributed by atoms with van der Waals surface area (Å²) < 4.78 is 55.7. The third kappa shape index (κ3) is 4.29. The molecule has 0 saturated carbocycles. The first kappa shape index (κ1) is 24.2. The van der Waals surface area contributed by atoms with Crippen molar-refractivity contribution in [3.63, 3.8) is 0 Å². The molecule has 0 aliphatic heterocycles. The molecule has 0 spiro atoms. The number of nitrogen functional groups attached to an aromatic ring is 1. The van der Waals surface area contributed by atoms with Crippen LogP contribution in [-0.4, -0.2) is 39.5 Å². The molecule has 4 rings (SSSR count). The van der Waals surface area contributed by atoms with Crippen molar-refractivity contribution in [1.82, 2.24) is 39.5 Å². The molecule has 0 radical (unpaired) electrons. The Morgan fingerprint density at radius 3 is 2.56 bits per heavy atom. The van der Waals surface area contributed by atoms with Gasteiger partial charge in [-0.25, -0.2) is 29.0 Å². The van der Waals surface area contributed by atoms with E-state index in [-0.39, 0.29) is 45.9 Å². The normalized spacial score (nSPS) is 12.7. The fourth-order valence-corrected chi connectivity index (χ4v) is 3.52. The molecule has 14 heteroatoms. The summed E-state index contributed by atoms with van der Waals surface area (Å²) in [7, 11) is 0. The highest BCUT2D eigenvalue weighted by Gasteiger charge is 2.34. The van der Waals surface area contributed by atoms with Crippen LogP contribution in [0.4, 0.5) is 23.4 Å². The molecule has 0 unspecified atom stereocenters. The van der Waals surface area contributed by atoms with E-state index >= 15 is 0 Å². The summed E-state index contributed by atoms with van der Waals surface area (Å²) in [5.41, 5.74) is 7.00. The fourth-order valence-electron chi connectivity index (χ4n) is 3.52. The number of rotatable bonds is 6. The van der Waals surface area contributed by atoms with Crippen LogP contribution in [-0.2, 0) is 12.7 Å². The van der Waals surface area contributed by atoms with Crippen molar-refractivity contribution in [1.29, 1.82) is 5.26 Å². The van der Waals surface area contributed by atoms with Crippen LogP contribution in [0.5, 0.6) is 0 Å². The predicted octanol–water partition coefficient (Wildman–Crippen LogP) is 3.90. The number of nitrogens with zero attached hydrogens (tertiary/aromatic N) is 9. The zero-order valence-electron chi connectivity index (χ0n) is 18.6. The first-order chi connectivity index (χ1) is 17.2. The summed E-state index contributed by atoms with van der Waals surface area (Å²) >= 11 is 0. The molecule has 0 atom stereocenters. The summed E-state index contributed by atoms with van der Waals surface area (Å²) in [4.78, 5) is 14.9. The van der Waals surface area contributed by atoms with Gasteiger partial charge in [0.2, 0.25) is 5.82 Å². The van der Waals surface area contributed by atoms with E-state index in [0.29, 0.717) is 5.69 Å². The summed E-state index contributed by atoms with van der Waals surface area (Å²) in [6, 6.07) is 2.03. The van der Waals surface area contributed by atoms with Gasteiger partial charge in [0.25, 0.3) is 0 Å². The number of aromatic nitrogens is 8. The van der Waals surface area contributed by atoms with Crippen molar-refractivity contribution in [2.45, 2.75) is 19.6 Å². The smallest absolute Gasteiger partial charge is 0.383 e. The van der Waals surface area contributed by atoms with E-state index in [1.54, 1.807) is 0 Å². The van der Waals surface area contributed by atoms with Gasteiger partial charge >= 0.3 is 6.18 Å². The molecule has 0 aromatic carbocycles. The molecule has 0 aliphatic rings. The molecule has 0 saturated heterocycles. The number of nitriles is 1. The summed E-state index contributed by atoms with van der Waals surface area (Å²) in [6.45, 7) is 5.04. The number of alkyl halides is 3. The minimum Gasteiger partial charge on any atom is -0.383 e. The number of allylic oxidation sites excluding steroid dienone is 5. The standard InChI is InChI=1S/C22H16F4N10/c1-3-5-15(14(23)4-2)36-10-13(33-34-36)9-35-16(6-27)17(18-19(28)31-11-32-20(18)35)12-7-29-21(30-8-12)22(24,25)26/h3-5,7-8,10-11H,1,9H2,2H3,(H2,28,31,32)/b14-4+,15-5+. The Bertz CT molecular complexity index is 1550. The van der Waals surface area contributed by atoms with Gasteiger partial charge in [-0.2, -0.15) is 18.4 Å². The lowest BCUT2D eigenvalue weighted by molar-refractivity contribution is -0.144. The maximum absolute atomic E-state index is 14.3. The van der Waals surface area contributed by atoms with Gasteiger partial charge in [-0.3, -0.25) is 0 Å². The number of fused-ring (bicyclic) bond motifs is 1. The van der Waals surface area contributed by atoms with Gasteiger partial charge in [0.15, 0.2) is 0 Å². The highest BCUT2D eigenvalue weighted by molar-refractivity contribution is 6.03. The van der Waals surface area contributed by atoms with E-state index in [0.717, 1.165) is 12.4 Å². The minimum atomic E-state index is -4.73. The van der Waals surface area contributed by atoms with E-state index in [2.05, 4.69) is 36.8 Å². The van der Waals surface area contributed by atoms with Crippen molar-refractivity contribution in [3.05, 3.63) is 72.8 Å². The predicted molar refractivity (Wildman–Crippen MR) is 121 cm³/mol. The zero-order valence-corrected chi connectivity index (χ0v) is 18.6. The van der Waals surface area contributed by atoms with Crippen LogP contribution in [0.25, 0.3) is 27.9 Å². The van der Waals surface area contributed by atoms with E-state index < -0.39 is 17.8 Å². The number of hydrogen-bond acceptors (Lipinski definition) is 8. The molecule has 0 bridgehead atoms. The van der Waals surface area contributed by atoms with Crippen LogP contribution < -0.4 is 5.73 Å². The van der Waals surface area contributed by atoms with Crippen LogP contribution in [0.2, 0.25) is 0 Å². The zero-order chi connectivity index (χ0) is 26.0. The van der Waals surface area contributed by atoms with Crippen LogP contribution in [0, 0.1) is 11.3 Å². The summed E-state index contributed by atoms with van der Waals surface area (Å²) in [5, 5.41) is 18.2. The van der Waals surface area contributed by atoms with Gasteiger partial charge < -0.3 is 10.3 Å². The van der Waals surface area contributed by atoms with Crippen LogP contribution >= 0.6 is 0 Å². The van der Waals surface area contributed by atoms with E-state index in [9.17, 15) is 22.8 Å². The molecule has 0 aliphatic carbocycles. The number of halogens is 4. The van der Waals surface area contributed by atoms with Crippen molar-refractivity contribution < 1.29 is 17.6 Å². The molecule has 4 aromatic heterocycles. The Hall–Kier alpha value is -4.93. The molecular weight excluding hydrogens is 480 g/mol. The van der Waals surface area contributed by atoms with Crippen molar-refractivity contribution in [2.24, 2.45) is 0 Å². The monoisotopic (exact) mass is 496 g/mol. The van der Waals surface area contributed by atoms with E-state index in [1.165, 1.54) is 46.9 Å². The van der Waals surface area contributed by atoms with Gasteiger partial charge in [0.1, 0.15) is 46.8 Å². The fraction of sp³-hybridized carbons (Fsp3) is 0.136. The van der Waals surface area contributed by atoms with Crippen LogP contribution in [0.15, 0.2) is 55.6 Å². The SMILES string of the molecule is C=C/C=C(\C(F)=C/C)n1cc(Cn2c(C#N)c(-c3cnc(C(F)(F)F)nc3)c3c(N)ncnc32)nn1. The van der Waals surface area contributed by atoms with Gasteiger partial charge in [-0.05, 0) is 19.1 Å². The summed E-state index contributed by atoms with van der Waals surface area (Å²) in [5.74, 6) is -1.88. The Morgan fingerprint density at radius 2 is 1.94 bits per heavy atom. The Kier molecular flexibility index (Phi) is 6.30. The molecular formula is C22H16F4N10. The second-order valence-electron chi connectivity index (χ2n) is 7.25. The summed E-state index contributed by atoms with van der Waals surface area (Å²) in [6.07, 6.45) is 3.87. The molecule has 182 valence electrons. The van der Waals surface area contributed by atoms with Crippen molar-refractivity contribution in [3.8, 4) is 17.2 Å². The van der Waals surface area contributed by atoms with Crippen LogP contribution in [0.1, 0.15) is 24.1 Å². The average molecular weight is 496 g/mol. The molecule has 4 heterocycles. The number of anilines is 1. The Labute approximate surface area is 200 Å². The van der Waals surface area contributed by atoms with E-state index in [1.807, 2.05) is 6.07 Å². The Morgan fingerprint density at radius 1 is 1.22 bits per heavy atom. The van der Waals surface area contributed by atoms with Gasteiger partial charge in [-0.15, -0.1) is 5.10 Å². The Balaban J connectivity index is 1.85.